The lowest BCUT2D eigenvalue weighted by atomic mass is 10.1. The van der Waals surface area contributed by atoms with E-state index >= 15 is 0 Å². The second-order valence-corrected chi connectivity index (χ2v) is 6.80. The SMILES string of the molecule is Cc1ccccc1Cn1cc(C(=O)Nc2ccc(Br)cc2F)ccc1=O. The lowest BCUT2D eigenvalue weighted by molar-refractivity contribution is 0.102. The molecule has 0 fully saturated rings. The molecular formula is C20H16BrFN2O2. The van der Waals surface area contributed by atoms with Gasteiger partial charge in [0.25, 0.3) is 11.5 Å². The molecule has 132 valence electrons. The van der Waals surface area contributed by atoms with Crippen LogP contribution in [0.25, 0.3) is 0 Å². The molecule has 2 aromatic carbocycles. The Kier molecular flexibility index (Phi) is 5.32. The summed E-state index contributed by atoms with van der Waals surface area (Å²) in [4.78, 5) is 24.6. The molecule has 1 amide bonds. The van der Waals surface area contributed by atoms with Crippen LogP contribution in [-0.2, 0) is 6.54 Å². The van der Waals surface area contributed by atoms with Gasteiger partial charge in [0, 0.05) is 16.7 Å². The van der Waals surface area contributed by atoms with E-state index in [1.165, 1.54) is 35.0 Å². The van der Waals surface area contributed by atoms with Gasteiger partial charge in [-0.05, 0) is 42.3 Å². The maximum absolute atomic E-state index is 13.9. The first-order valence-electron chi connectivity index (χ1n) is 7.95. The third-order valence-corrected chi connectivity index (χ3v) is 4.52. The summed E-state index contributed by atoms with van der Waals surface area (Å²) >= 11 is 3.17. The number of rotatable bonds is 4. The molecule has 1 aromatic heterocycles. The molecule has 0 radical (unpaired) electrons. The smallest absolute Gasteiger partial charge is 0.257 e. The highest BCUT2D eigenvalue weighted by Gasteiger charge is 2.11. The molecule has 0 aliphatic rings. The molecule has 3 rings (SSSR count). The van der Waals surface area contributed by atoms with E-state index < -0.39 is 11.7 Å². The molecule has 0 aliphatic heterocycles. The summed E-state index contributed by atoms with van der Waals surface area (Å²) in [6, 6.07) is 14.9. The van der Waals surface area contributed by atoms with Gasteiger partial charge in [-0.3, -0.25) is 9.59 Å². The van der Waals surface area contributed by atoms with Gasteiger partial charge in [0.1, 0.15) is 5.82 Å². The number of pyridine rings is 1. The first kappa shape index (κ1) is 18.1. The number of amides is 1. The first-order chi connectivity index (χ1) is 12.4. The minimum absolute atomic E-state index is 0.0786. The van der Waals surface area contributed by atoms with Gasteiger partial charge in [-0.15, -0.1) is 0 Å². The van der Waals surface area contributed by atoms with Crippen molar-refractivity contribution in [3.8, 4) is 0 Å². The van der Waals surface area contributed by atoms with E-state index in [0.717, 1.165) is 11.1 Å². The number of aromatic nitrogens is 1. The van der Waals surface area contributed by atoms with Crippen LogP contribution in [0, 0.1) is 12.7 Å². The molecule has 0 aliphatic carbocycles. The van der Waals surface area contributed by atoms with Crippen LogP contribution in [0.4, 0.5) is 10.1 Å². The highest BCUT2D eigenvalue weighted by atomic mass is 79.9. The molecule has 4 nitrogen and oxygen atoms in total. The number of hydrogen-bond donors (Lipinski definition) is 1. The highest BCUT2D eigenvalue weighted by molar-refractivity contribution is 9.10. The van der Waals surface area contributed by atoms with Gasteiger partial charge in [0.05, 0.1) is 17.8 Å². The third kappa shape index (κ3) is 4.08. The molecule has 0 unspecified atom stereocenters. The predicted octanol–water partition coefficient (Wildman–Crippen LogP) is 4.36. The number of anilines is 1. The second kappa shape index (κ2) is 7.66. The Labute approximate surface area is 158 Å². The molecule has 0 bridgehead atoms. The Balaban J connectivity index is 1.86. The zero-order valence-corrected chi connectivity index (χ0v) is 15.6. The number of halogens is 2. The monoisotopic (exact) mass is 414 g/mol. The van der Waals surface area contributed by atoms with E-state index in [4.69, 9.17) is 0 Å². The summed E-state index contributed by atoms with van der Waals surface area (Å²) < 4.78 is 16.0. The number of nitrogens with zero attached hydrogens (tertiary/aromatic N) is 1. The Morgan fingerprint density at radius 1 is 1.15 bits per heavy atom. The molecular weight excluding hydrogens is 399 g/mol. The maximum Gasteiger partial charge on any atom is 0.257 e. The van der Waals surface area contributed by atoms with E-state index in [-0.39, 0.29) is 16.8 Å². The molecule has 1 N–H and O–H groups in total. The Morgan fingerprint density at radius 3 is 2.65 bits per heavy atom. The Hall–Kier alpha value is -2.73. The van der Waals surface area contributed by atoms with E-state index in [9.17, 15) is 14.0 Å². The molecule has 0 spiro atoms. The van der Waals surface area contributed by atoms with Crippen molar-refractivity contribution in [2.24, 2.45) is 0 Å². The molecule has 3 aromatic rings. The van der Waals surface area contributed by atoms with Crippen molar-refractivity contribution in [1.82, 2.24) is 4.57 Å². The number of carbonyl (C=O) groups is 1. The fourth-order valence-corrected chi connectivity index (χ4v) is 2.88. The predicted molar refractivity (Wildman–Crippen MR) is 103 cm³/mol. The number of nitrogens with one attached hydrogen (secondary N) is 1. The zero-order chi connectivity index (χ0) is 18.7. The fourth-order valence-electron chi connectivity index (χ4n) is 2.55. The number of hydrogen-bond acceptors (Lipinski definition) is 2. The van der Waals surface area contributed by atoms with E-state index in [2.05, 4.69) is 21.2 Å². The zero-order valence-electron chi connectivity index (χ0n) is 14.0. The van der Waals surface area contributed by atoms with Gasteiger partial charge in [-0.2, -0.15) is 0 Å². The lowest BCUT2D eigenvalue weighted by Gasteiger charge is -2.11. The van der Waals surface area contributed by atoms with Gasteiger partial charge in [-0.1, -0.05) is 40.2 Å². The summed E-state index contributed by atoms with van der Waals surface area (Å²) in [6.45, 7) is 2.33. The van der Waals surface area contributed by atoms with Gasteiger partial charge in [0.15, 0.2) is 0 Å². The molecule has 0 atom stereocenters. The number of aryl methyl sites for hydroxylation is 1. The molecule has 0 saturated carbocycles. The van der Waals surface area contributed by atoms with Crippen LogP contribution in [0.3, 0.4) is 0 Å². The van der Waals surface area contributed by atoms with Crippen molar-refractivity contribution >= 4 is 27.5 Å². The van der Waals surface area contributed by atoms with Crippen LogP contribution in [-0.4, -0.2) is 10.5 Å². The summed E-state index contributed by atoms with van der Waals surface area (Å²) in [7, 11) is 0. The number of benzene rings is 2. The second-order valence-electron chi connectivity index (χ2n) is 5.89. The van der Waals surface area contributed by atoms with Crippen molar-refractivity contribution < 1.29 is 9.18 Å². The largest absolute Gasteiger partial charge is 0.319 e. The van der Waals surface area contributed by atoms with E-state index in [0.29, 0.717) is 11.0 Å². The molecule has 26 heavy (non-hydrogen) atoms. The van der Waals surface area contributed by atoms with Crippen LogP contribution in [0.15, 0.2) is 70.1 Å². The Bertz CT molecular complexity index is 1030. The fraction of sp³-hybridized carbons (Fsp3) is 0.100. The van der Waals surface area contributed by atoms with Crippen molar-refractivity contribution in [1.29, 1.82) is 0 Å². The molecule has 1 heterocycles. The molecule has 0 saturated heterocycles. The highest BCUT2D eigenvalue weighted by Crippen LogP contribution is 2.20. The lowest BCUT2D eigenvalue weighted by Crippen LogP contribution is -2.23. The summed E-state index contributed by atoms with van der Waals surface area (Å²) in [5, 5.41) is 2.53. The van der Waals surface area contributed by atoms with Gasteiger partial charge in [0.2, 0.25) is 0 Å². The number of carbonyl (C=O) groups excluding carboxylic acids is 1. The van der Waals surface area contributed by atoms with Gasteiger partial charge >= 0.3 is 0 Å². The summed E-state index contributed by atoms with van der Waals surface area (Å²) in [6.07, 6.45) is 1.49. The van der Waals surface area contributed by atoms with Crippen LogP contribution in [0.1, 0.15) is 21.5 Å². The third-order valence-electron chi connectivity index (χ3n) is 4.03. The summed E-state index contributed by atoms with van der Waals surface area (Å²) in [5.41, 5.74) is 2.20. The van der Waals surface area contributed by atoms with Gasteiger partial charge < -0.3 is 9.88 Å². The van der Waals surface area contributed by atoms with Crippen LogP contribution >= 0.6 is 15.9 Å². The quantitative estimate of drug-likeness (QED) is 0.689. The maximum atomic E-state index is 13.9. The van der Waals surface area contributed by atoms with Crippen LogP contribution in [0.2, 0.25) is 0 Å². The van der Waals surface area contributed by atoms with Crippen molar-refractivity contribution in [3.63, 3.8) is 0 Å². The standard InChI is InChI=1S/C20H16BrFN2O2/c1-13-4-2-3-5-14(13)11-24-12-15(6-9-19(24)25)20(26)23-18-8-7-16(21)10-17(18)22/h2-10,12H,11H2,1H3,(H,23,26). The minimum atomic E-state index is -0.541. The topological polar surface area (TPSA) is 51.1 Å². The average Bonchev–Trinajstić information content (AvgIpc) is 2.61. The average molecular weight is 415 g/mol. The minimum Gasteiger partial charge on any atom is -0.319 e. The molecule has 6 heteroatoms. The van der Waals surface area contributed by atoms with Crippen LogP contribution in [0.5, 0.6) is 0 Å². The van der Waals surface area contributed by atoms with Crippen molar-refractivity contribution in [3.05, 3.63) is 98.1 Å². The normalized spacial score (nSPS) is 10.6. The van der Waals surface area contributed by atoms with E-state index in [1.54, 1.807) is 6.07 Å². The Morgan fingerprint density at radius 2 is 1.92 bits per heavy atom. The van der Waals surface area contributed by atoms with Crippen molar-refractivity contribution in [2.75, 3.05) is 5.32 Å². The van der Waals surface area contributed by atoms with Gasteiger partial charge in [-0.25, -0.2) is 4.39 Å². The first-order valence-corrected chi connectivity index (χ1v) is 8.75. The van der Waals surface area contributed by atoms with Crippen LogP contribution < -0.4 is 10.9 Å². The van der Waals surface area contributed by atoms with Crippen molar-refractivity contribution in [2.45, 2.75) is 13.5 Å². The summed E-state index contributed by atoms with van der Waals surface area (Å²) in [5.74, 6) is -1.02. The van der Waals surface area contributed by atoms with E-state index in [1.807, 2.05) is 31.2 Å².